The number of hydrogen-bond donors (Lipinski definition) is 0. The molecule has 4 nitrogen and oxygen atoms in total. The molecule has 2 rings (SSSR count). The van der Waals surface area contributed by atoms with Crippen molar-refractivity contribution >= 4 is 5.65 Å². The van der Waals surface area contributed by atoms with E-state index in [0.717, 1.165) is 0 Å². The van der Waals surface area contributed by atoms with Crippen LogP contribution in [0.2, 0.25) is 0 Å². The average Bonchev–Trinajstić information content (AvgIpc) is 2.33. The predicted octanol–water partition coefficient (Wildman–Crippen LogP) is -3.19. The van der Waals surface area contributed by atoms with Crippen molar-refractivity contribution in [3.63, 3.8) is 0 Å². The van der Waals surface area contributed by atoms with E-state index in [4.69, 9.17) is 0 Å². The van der Waals surface area contributed by atoms with Crippen LogP contribution in [0.5, 0.6) is 5.88 Å². The number of aromatic nitrogens is 3. The number of fused-ring (bicyclic) bond motifs is 1. The normalized spacial score (nSPS) is 9.45. The van der Waals surface area contributed by atoms with Gasteiger partial charge in [-0.15, -0.1) is 0 Å². The Hall–Kier alpha value is -0.580. The van der Waals surface area contributed by atoms with Gasteiger partial charge in [0.05, 0.1) is 6.20 Å². The molecule has 0 saturated carbocycles. The Morgan fingerprint density at radius 1 is 1.36 bits per heavy atom. The molecule has 2 aromatic rings. The second kappa shape index (κ2) is 3.21. The van der Waals surface area contributed by atoms with E-state index in [9.17, 15) is 5.11 Å². The van der Waals surface area contributed by atoms with Crippen LogP contribution in [0.4, 0.5) is 0 Å². The fraction of sp³-hybridized carbons (Fsp3) is 0. The molecule has 0 aliphatic carbocycles. The smallest absolute Gasteiger partial charge is 0.859 e. The summed E-state index contributed by atoms with van der Waals surface area (Å²) in [6.45, 7) is 0. The summed E-state index contributed by atoms with van der Waals surface area (Å²) in [4.78, 5) is 3.68. The summed E-state index contributed by atoms with van der Waals surface area (Å²) >= 11 is 0. The molecular formula is C6H4N3NaO. The van der Waals surface area contributed by atoms with E-state index in [1.165, 1.54) is 6.07 Å². The van der Waals surface area contributed by atoms with E-state index < -0.39 is 0 Å². The molecule has 0 N–H and O–H groups in total. The molecule has 0 spiro atoms. The van der Waals surface area contributed by atoms with Gasteiger partial charge in [0.15, 0.2) is 5.65 Å². The van der Waals surface area contributed by atoms with Crippen molar-refractivity contribution in [2.75, 3.05) is 0 Å². The van der Waals surface area contributed by atoms with Gasteiger partial charge in [-0.05, 0) is 11.9 Å². The second-order valence-corrected chi connectivity index (χ2v) is 1.90. The van der Waals surface area contributed by atoms with Gasteiger partial charge in [0.1, 0.15) is 0 Å². The van der Waals surface area contributed by atoms with E-state index in [2.05, 4.69) is 10.1 Å². The van der Waals surface area contributed by atoms with E-state index >= 15 is 0 Å². The molecule has 0 aliphatic heterocycles. The molecule has 0 amide bonds. The maximum absolute atomic E-state index is 10.6. The number of nitrogens with zero attached hydrogens (tertiary/aromatic N) is 3. The fourth-order valence-electron chi connectivity index (χ4n) is 0.795. The van der Waals surface area contributed by atoms with Gasteiger partial charge in [-0.1, -0.05) is 0 Å². The van der Waals surface area contributed by atoms with Crippen LogP contribution < -0.4 is 34.7 Å². The number of hydrogen-bond acceptors (Lipinski definition) is 3. The van der Waals surface area contributed by atoms with Crippen molar-refractivity contribution in [2.24, 2.45) is 0 Å². The van der Waals surface area contributed by atoms with Crippen molar-refractivity contribution < 1.29 is 34.7 Å². The van der Waals surface area contributed by atoms with Crippen molar-refractivity contribution in [1.82, 2.24) is 14.6 Å². The summed E-state index contributed by atoms with van der Waals surface area (Å²) in [7, 11) is 0. The van der Waals surface area contributed by atoms with Gasteiger partial charge in [0.25, 0.3) is 0 Å². The first-order valence-electron chi connectivity index (χ1n) is 2.84. The quantitative estimate of drug-likeness (QED) is 0.378. The molecule has 5 heteroatoms. The Morgan fingerprint density at radius 3 is 3.00 bits per heavy atom. The molecule has 0 bridgehead atoms. The van der Waals surface area contributed by atoms with Gasteiger partial charge in [-0.2, -0.15) is 5.10 Å². The molecule has 0 saturated heterocycles. The first kappa shape index (κ1) is 8.52. The zero-order valence-corrected chi connectivity index (χ0v) is 8.06. The van der Waals surface area contributed by atoms with Crippen LogP contribution in [0.3, 0.4) is 0 Å². The van der Waals surface area contributed by atoms with Crippen LogP contribution >= 0.6 is 0 Å². The zero-order chi connectivity index (χ0) is 6.97. The minimum atomic E-state index is -0.229. The van der Waals surface area contributed by atoms with Gasteiger partial charge >= 0.3 is 29.6 Å². The van der Waals surface area contributed by atoms with Gasteiger partial charge in [-0.3, -0.25) is 0 Å². The van der Waals surface area contributed by atoms with Gasteiger partial charge in [0, 0.05) is 12.3 Å². The van der Waals surface area contributed by atoms with Crippen LogP contribution in [0.25, 0.3) is 5.65 Å². The summed E-state index contributed by atoms with van der Waals surface area (Å²) in [6.07, 6.45) is 3.19. The Balaban J connectivity index is 0.000000605. The standard InChI is InChI=1S/C6H5N3O.Na/c10-6-2-4-9-5(8-6)1-3-7-9;/h1-4H,(H,8,10);/q;+1/p-1. The Morgan fingerprint density at radius 2 is 2.18 bits per heavy atom. The van der Waals surface area contributed by atoms with Crippen LogP contribution in [0.15, 0.2) is 24.5 Å². The van der Waals surface area contributed by atoms with Gasteiger partial charge in [0.2, 0.25) is 0 Å². The summed E-state index contributed by atoms with van der Waals surface area (Å²) in [5.41, 5.74) is 0.590. The monoisotopic (exact) mass is 157 g/mol. The SMILES string of the molecule is [Na+].[O-]c1ccn2nccc2n1. The third-order valence-electron chi connectivity index (χ3n) is 1.23. The summed E-state index contributed by atoms with van der Waals surface area (Å²) in [6, 6.07) is 3.06. The summed E-state index contributed by atoms with van der Waals surface area (Å²) in [5.74, 6) is -0.229. The van der Waals surface area contributed by atoms with Gasteiger partial charge in [-0.25, -0.2) is 9.50 Å². The summed E-state index contributed by atoms with van der Waals surface area (Å²) in [5, 5.41) is 14.5. The fourth-order valence-corrected chi connectivity index (χ4v) is 0.795. The Labute approximate surface area is 85.2 Å². The molecule has 2 aromatic heterocycles. The number of rotatable bonds is 0. The third kappa shape index (κ3) is 1.53. The Kier molecular flexibility index (Phi) is 2.49. The van der Waals surface area contributed by atoms with Crippen molar-refractivity contribution in [2.45, 2.75) is 0 Å². The van der Waals surface area contributed by atoms with Crippen LogP contribution in [-0.4, -0.2) is 14.6 Å². The molecule has 0 aliphatic rings. The molecule has 0 unspecified atom stereocenters. The molecule has 0 radical (unpaired) electrons. The van der Waals surface area contributed by atoms with E-state index in [1.54, 1.807) is 23.0 Å². The maximum atomic E-state index is 10.6. The molecule has 0 fully saturated rings. The van der Waals surface area contributed by atoms with E-state index in [1.807, 2.05) is 0 Å². The first-order valence-corrected chi connectivity index (χ1v) is 2.84. The average molecular weight is 157 g/mol. The molecule has 50 valence electrons. The van der Waals surface area contributed by atoms with E-state index in [0.29, 0.717) is 5.65 Å². The maximum Gasteiger partial charge on any atom is 1.00 e. The van der Waals surface area contributed by atoms with E-state index in [-0.39, 0.29) is 35.4 Å². The molecule has 2 heterocycles. The minimum absolute atomic E-state index is 0. The van der Waals surface area contributed by atoms with Crippen LogP contribution in [0.1, 0.15) is 0 Å². The zero-order valence-electron chi connectivity index (χ0n) is 6.06. The third-order valence-corrected chi connectivity index (χ3v) is 1.23. The summed E-state index contributed by atoms with van der Waals surface area (Å²) < 4.78 is 1.54. The topological polar surface area (TPSA) is 53.2 Å². The van der Waals surface area contributed by atoms with Gasteiger partial charge < -0.3 is 5.11 Å². The molecule has 0 aromatic carbocycles. The van der Waals surface area contributed by atoms with Crippen LogP contribution in [-0.2, 0) is 0 Å². The minimum Gasteiger partial charge on any atom is -0.859 e. The second-order valence-electron chi connectivity index (χ2n) is 1.90. The van der Waals surface area contributed by atoms with Crippen molar-refractivity contribution in [3.8, 4) is 5.88 Å². The van der Waals surface area contributed by atoms with Crippen molar-refractivity contribution in [1.29, 1.82) is 0 Å². The molecular weight excluding hydrogens is 153 g/mol. The predicted molar refractivity (Wildman–Crippen MR) is 32.4 cm³/mol. The first-order chi connectivity index (χ1) is 4.86. The van der Waals surface area contributed by atoms with Crippen LogP contribution in [0, 0.1) is 0 Å². The van der Waals surface area contributed by atoms with Crippen molar-refractivity contribution in [3.05, 3.63) is 24.5 Å². The molecule has 0 atom stereocenters. The molecule has 11 heavy (non-hydrogen) atoms. The largest absolute Gasteiger partial charge is 1.00 e. The Bertz CT molecular complexity index is 359.